The van der Waals surface area contributed by atoms with Crippen LogP contribution in [-0.4, -0.2) is 0 Å². The summed E-state index contributed by atoms with van der Waals surface area (Å²) in [6.45, 7) is 2.19. The quantitative estimate of drug-likeness (QED) is 0.512. The monoisotopic (exact) mass is 264 g/mol. The van der Waals surface area contributed by atoms with Crippen LogP contribution in [0.1, 0.15) is 51.0 Å². The zero-order valence-corrected chi connectivity index (χ0v) is 11.9. The maximum atomic E-state index is 11.2. The minimum absolute atomic E-state index is 0.459. The number of hydrogen-bond acceptors (Lipinski definition) is 2. The predicted octanol–water partition coefficient (Wildman–Crippen LogP) is 4.49. The first kappa shape index (κ1) is 15.1. The van der Waals surface area contributed by atoms with E-state index in [2.05, 4.69) is 6.92 Å². The number of unbranched alkanes of at least 4 members (excludes halogenated alkanes) is 5. The van der Waals surface area contributed by atoms with E-state index in [0.29, 0.717) is 5.31 Å². The SMILES string of the molecule is CCCCCCCC=C(c1ccccc1)[P+](=O)[O-]. The molecule has 98 valence electrons. The van der Waals surface area contributed by atoms with Crippen molar-refractivity contribution in [2.75, 3.05) is 0 Å². The molecular formula is C15H21O2P. The topological polar surface area (TPSA) is 40.1 Å². The molecule has 0 heterocycles. The van der Waals surface area contributed by atoms with Gasteiger partial charge in [0.1, 0.15) is 0 Å². The fraction of sp³-hybridized carbons (Fsp3) is 0.467. The zero-order chi connectivity index (χ0) is 13.2. The van der Waals surface area contributed by atoms with E-state index in [9.17, 15) is 9.46 Å². The van der Waals surface area contributed by atoms with Crippen LogP contribution in [0.5, 0.6) is 0 Å². The van der Waals surface area contributed by atoms with Gasteiger partial charge in [0.05, 0.1) is 0 Å². The molecule has 0 saturated carbocycles. The van der Waals surface area contributed by atoms with E-state index >= 15 is 0 Å². The van der Waals surface area contributed by atoms with Gasteiger partial charge in [0.15, 0.2) is 5.31 Å². The Balaban J connectivity index is 2.50. The molecule has 1 rings (SSSR count). The number of allylic oxidation sites excluding steroid dienone is 1. The van der Waals surface area contributed by atoms with Gasteiger partial charge in [-0.1, -0.05) is 67.5 Å². The first-order chi connectivity index (χ1) is 8.75. The van der Waals surface area contributed by atoms with Crippen LogP contribution in [-0.2, 0) is 4.57 Å². The van der Waals surface area contributed by atoms with Crippen LogP contribution >= 0.6 is 8.03 Å². The van der Waals surface area contributed by atoms with Crippen molar-refractivity contribution in [3.05, 3.63) is 42.0 Å². The zero-order valence-electron chi connectivity index (χ0n) is 11.0. The molecule has 1 unspecified atom stereocenters. The molecule has 1 aromatic rings. The second-order valence-corrected chi connectivity index (χ2v) is 5.41. The fourth-order valence-corrected chi connectivity index (χ4v) is 2.53. The van der Waals surface area contributed by atoms with Crippen LogP contribution in [0.3, 0.4) is 0 Å². The summed E-state index contributed by atoms with van der Waals surface area (Å²) in [4.78, 5) is 11.2. The van der Waals surface area contributed by atoms with E-state index in [0.717, 1.165) is 18.4 Å². The molecule has 18 heavy (non-hydrogen) atoms. The molecule has 0 aliphatic heterocycles. The smallest absolute Gasteiger partial charge is 0.349 e. The Hall–Kier alpha value is -0.980. The Morgan fingerprint density at radius 3 is 2.44 bits per heavy atom. The Bertz CT molecular complexity index is 385. The Kier molecular flexibility index (Phi) is 7.55. The predicted molar refractivity (Wildman–Crippen MR) is 75.4 cm³/mol. The molecule has 0 N–H and O–H groups in total. The lowest BCUT2D eigenvalue weighted by molar-refractivity contribution is -0.160. The van der Waals surface area contributed by atoms with Crippen molar-refractivity contribution in [1.29, 1.82) is 0 Å². The maximum absolute atomic E-state index is 11.2. The summed E-state index contributed by atoms with van der Waals surface area (Å²) in [5.41, 5.74) is 0.794. The van der Waals surface area contributed by atoms with Crippen LogP contribution in [0.15, 0.2) is 36.4 Å². The summed E-state index contributed by atoms with van der Waals surface area (Å²) in [7, 11) is -2.51. The number of benzene rings is 1. The van der Waals surface area contributed by atoms with Crippen LogP contribution in [0.2, 0.25) is 0 Å². The third kappa shape index (κ3) is 5.57. The van der Waals surface area contributed by atoms with Gasteiger partial charge in [-0.2, -0.15) is 0 Å². The van der Waals surface area contributed by atoms with Crippen molar-refractivity contribution in [1.82, 2.24) is 0 Å². The Morgan fingerprint density at radius 2 is 1.83 bits per heavy atom. The summed E-state index contributed by atoms with van der Waals surface area (Å²) in [5, 5.41) is 0.459. The van der Waals surface area contributed by atoms with E-state index in [1.54, 1.807) is 0 Å². The van der Waals surface area contributed by atoms with Gasteiger partial charge in [-0.3, -0.25) is 0 Å². The molecule has 0 aromatic heterocycles. The molecule has 0 aliphatic rings. The van der Waals surface area contributed by atoms with Gasteiger partial charge in [0.25, 0.3) is 0 Å². The molecule has 0 amide bonds. The van der Waals surface area contributed by atoms with Crippen molar-refractivity contribution in [3.63, 3.8) is 0 Å². The van der Waals surface area contributed by atoms with Gasteiger partial charge in [-0.15, -0.1) is 0 Å². The van der Waals surface area contributed by atoms with E-state index in [1.165, 1.54) is 25.7 Å². The summed E-state index contributed by atoms with van der Waals surface area (Å²) < 4.78 is 11.2. The van der Waals surface area contributed by atoms with Crippen LogP contribution in [0.25, 0.3) is 5.31 Å². The maximum Gasteiger partial charge on any atom is 0.349 e. The highest BCUT2D eigenvalue weighted by molar-refractivity contribution is 7.49. The summed E-state index contributed by atoms with van der Waals surface area (Å²) in [6, 6.07) is 9.30. The highest BCUT2D eigenvalue weighted by Gasteiger charge is 2.13. The third-order valence-electron chi connectivity index (χ3n) is 2.91. The molecule has 0 radical (unpaired) electrons. The largest absolute Gasteiger partial charge is 0.591 e. The molecule has 0 aliphatic carbocycles. The third-order valence-corrected chi connectivity index (χ3v) is 3.75. The summed E-state index contributed by atoms with van der Waals surface area (Å²) >= 11 is 0. The minimum atomic E-state index is -2.51. The van der Waals surface area contributed by atoms with E-state index < -0.39 is 8.03 Å². The Morgan fingerprint density at radius 1 is 1.17 bits per heavy atom. The molecular weight excluding hydrogens is 243 g/mol. The summed E-state index contributed by atoms with van der Waals surface area (Å²) in [6.07, 6.45) is 8.70. The summed E-state index contributed by atoms with van der Waals surface area (Å²) in [5.74, 6) is 0. The van der Waals surface area contributed by atoms with Crippen LogP contribution < -0.4 is 4.89 Å². The van der Waals surface area contributed by atoms with Crippen molar-refractivity contribution < 1.29 is 9.46 Å². The number of rotatable bonds is 8. The minimum Gasteiger partial charge on any atom is -0.591 e. The Labute approximate surface area is 111 Å². The first-order valence-corrected chi connectivity index (χ1v) is 7.83. The van der Waals surface area contributed by atoms with Crippen molar-refractivity contribution in [2.45, 2.75) is 45.4 Å². The second-order valence-electron chi connectivity index (χ2n) is 4.42. The second kappa shape index (κ2) is 9.02. The van der Waals surface area contributed by atoms with Crippen LogP contribution in [0.4, 0.5) is 0 Å². The molecule has 0 saturated heterocycles. The highest BCUT2D eigenvalue weighted by Crippen LogP contribution is 2.33. The van der Waals surface area contributed by atoms with Gasteiger partial charge in [-0.05, 0) is 18.9 Å². The highest BCUT2D eigenvalue weighted by atomic mass is 31.1. The van der Waals surface area contributed by atoms with Gasteiger partial charge in [-0.25, -0.2) is 0 Å². The van der Waals surface area contributed by atoms with Crippen molar-refractivity contribution in [3.8, 4) is 0 Å². The van der Waals surface area contributed by atoms with E-state index in [4.69, 9.17) is 0 Å². The molecule has 1 aromatic carbocycles. The van der Waals surface area contributed by atoms with Gasteiger partial charge in [0.2, 0.25) is 0 Å². The average molecular weight is 264 g/mol. The molecule has 0 bridgehead atoms. The first-order valence-electron chi connectivity index (χ1n) is 6.65. The van der Waals surface area contributed by atoms with Gasteiger partial charge in [0, 0.05) is 5.56 Å². The van der Waals surface area contributed by atoms with Crippen molar-refractivity contribution in [2.24, 2.45) is 0 Å². The normalized spacial score (nSPS) is 12.6. The van der Waals surface area contributed by atoms with Crippen molar-refractivity contribution >= 4 is 13.3 Å². The average Bonchev–Trinajstić information content (AvgIpc) is 2.38. The lowest BCUT2D eigenvalue weighted by Gasteiger charge is -2.00. The van der Waals surface area contributed by atoms with E-state index in [1.807, 2.05) is 36.4 Å². The fourth-order valence-electron chi connectivity index (χ4n) is 1.89. The number of hydrogen-bond donors (Lipinski definition) is 0. The van der Waals surface area contributed by atoms with Gasteiger partial charge < -0.3 is 4.89 Å². The lowest BCUT2D eigenvalue weighted by atomic mass is 10.1. The molecule has 3 heteroatoms. The van der Waals surface area contributed by atoms with Crippen LogP contribution in [0, 0.1) is 0 Å². The molecule has 1 atom stereocenters. The molecule has 0 fully saturated rings. The lowest BCUT2D eigenvalue weighted by Crippen LogP contribution is -1.90. The van der Waals surface area contributed by atoms with E-state index in [-0.39, 0.29) is 0 Å². The van der Waals surface area contributed by atoms with Gasteiger partial charge >= 0.3 is 8.03 Å². The standard InChI is InChI=1S/C15H21O2P/c1-2-3-4-5-6-10-13-15(18(16)17)14-11-8-7-9-12-14/h7-9,11-13H,2-6,10H2,1H3. The molecule has 2 nitrogen and oxygen atoms in total. The molecule has 0 spiro atoms.